The van der Waals surface area contributed by atoms with E-state index >= 15 is 0 Å². The minimum atomic E-state index is -0.672. The molecular formula is C15H16N4O4. The molecule has 120 valence electrons. The van der Waals surface area contributed by atoms with Gasteiger partial charge < -0.3 is 15.3 Å². The van der Waals surface area contributed by atoms with Gasteiger partial charge in [0.2, 0.25) is 5.88 Å². The molecule has 1 aromatic carbocycles. The lowest BCUT2D eigenvalue weighted by Crippen LogP contribution is -2.32. The molecule has 3 N–H and O–H groups in total. The first-order valence-corrected chi connectivity index (χ1v) is 7.00. The van der Waals surface area contributed by atoms with Crippen molar-refractivity contribution in [3.63, 3.8) is 0 Å². The summed E-state index contributed by atoms with van der Waals surface area (Å²) in [5.41, 5.74) is 3.01. The number of benzene rings is 1. The van der Waals surface area contributed by atoms with E-state index in [1.165, 1.54) is 7.05 Å². The van der Waals surface area contributed by atoms with Crippen LogP contribution in [0.3, 0.4) is 0 Å². The van der Waals surface area contributed by atoms with E-state index in [0.29, 0.717) is 12.1 Å². The molecule has 0 amide bonds. The fraction of sp³-hybridized carbons (Fsp3) is 0.267. The van der Waals surface area contributed by atoms with Crippen molar-refractivity contribution in [2.24, 2.45) is 12.1 Å². The highest BCUT2D eigenvalue weighted by molar-refractivity contribution is 6.03. The number of H-pyrrole nitrogens is 1. The van der Waals surface area contributed by atoms with Crippen LogP contribution in [0.15, 0.2) is 39.0 Å². The number of aromatic hydroxyl groups is 1. The van der Waals surface area contributed by atoms with Crippen molar-refractivity contribution >= 4 is 5.71 Å². The Kier molecular flexibility index (Phi) is 3.65. The Balaban J connectivity index is 1.89. The van der Waals surface area contributed by atoms with Gasteiger partial charge in [-0.2, -0.15) is 5.10 Å². The maximum atomic E-state index is 12.0. The average molecular weight is 316 g/mol. The van der Waals surface area contributed by atoms with Crippen molar-refractivity contribution in [3.8, 4) is 11.6 Å². The molecule has 8 nitrogen and oxygen atoms in total. The topological polar surface area (TPSA) is 109 Å². The van der Waals surface area contributed by atoms with Gasteiger partial charge in [0.15, 0.2) is 0 Å². The summed E-state index contributed by atoms with van der Waals surface area (Å²) >= 11 is 0. The zero-order valence-corrected chi connectivity index (χ0v) is 12.7. The number of rotatable bonds is 3. The van der Waals surface area contributed by atoms with Gasteiger partial charge in [0, 0.05) is 13.5 Å². The summed E-state index contributed by atoms with van der Waals surface area (Å²) in [7, 11) is 2.97. The van der Waals surface area contributed by atoms with E-state index in [4.69, 9.17) is 4.74 Å². The van der Waals surface area contributed by atoms with Crippen LogP contribution in [0.1, 0.15) is 23.6 Å². The zero-order valence-electron chi connectivity index (χ0n) is 12.7. The molecule has 0 spiro atoms. The molecule has 1 atom stereocenters. The van der Waals surface area contributed by atoms with E-state index in [0.717, 1.165) is 15.9 Å². The molecule has 23 heavy (non-hydrogen) atoms. The summed E-state index contributed by atoms with van der Waals surface area (Å²) in [6.45, 7) is 0. The van der Waals surface area contributed by atoms with Crippen LogP contribution < -0.4 is 21.4 Å². The highest BCUT2D eigenvalue weighted by Crippen LogP contribution is 2.26. The van der Waals surface area contributed by atoms with E-state index in [-0.39, 0.29) is 11.6 Å². The number of ether oxygens (including phenoxy) is 1. The molecule has 1 aromatic heterocycles. The molecule has 0 radical (unpaired) electrons. The molecule has 8 heteroatoms. The molecule has 0 saturated heterocycles. The predicted octanol–water partition coefficient (Wildman–Crippen LogP) is 0.226. The Hall–Kier alpha value is -3.03. The molecule has 1 aliphatic heterocycles. The van der Waals surface area contributed by atoms with Crippen molar-refractivity contribution in [2.45, 2.75) is 12.5 Å². The second kappa shape index (κ2) is 5.64. The highest BCUT2D eigenvalue weighted by Gasteiger charge is 2.26. The quantitative estimate of drug-likeness (QED) is 0.751. The van der Waals surface area contributed by atoms with Crippen molar-refractivity contribution < 1.29 is 9.84 Å². The third kappa shape index (κ3) is 2.59. The van der Waals surface area contributed by atoms with Crippen LogP contribution in [-0.4, -0.2) is 27.5 Å². The fourth-order valence-electron chi connectivity index (χ4n) is 2.50. The summed E-state index contributed by atoms with van der Waals surface area (Å²) in [6, 6.07) is 7.36. The van der Waals surface area contributed by atoms with Crippen molar-refractivity contribution in [1.29, 1.82) is 0 Å². The first-order chi connectivity index (χ1) is 11.0. The van der Waals surface area contributed by atoms with Crippen LogP contribution in [-0.2, 0) is 7.05 Å². The Bertz CT molecular complexity index is 880. The summed E-state index contributed by atoms with van der Waals surface area (Å²) in [5.74, 6) is 0.356. The van der Waals surface area contributed by atoms with Crippen LogP contribution in [0.4, 0.5) is 0 Å². The molecule has 3 rings (SSSR count). The van der Waals surface area contributed by atoms with Gasteiger partial charge in [-0.3, -0.25) is 14.3 Å². The van der Waals surface area contributed by atoms with Crippen molar-refractivity contribution in [1.82, 2.24) is 15.0 Å². The summed E-state index contributed by atoms with van der Waals surface area (Å²) < 4.78 is 6.09. The Morgan fingerprint density at radius 2 is 2.00 bits per heavy atom. The number of hydrazone groups is 1. The zero-order chi connectivity index (χ0) is 16.6. The van der Waals surface area contributed by atoms with Crippen LogP contribution in [0.2, 0.25) is 0 Å². The van der Waals surface area contributed by atoms with Gasteiger partial charge in [-0.25, -0.2) is 4.79 Å². The van der Waals surface area contributed by atoms with E-state index in [1.54, 1.807) is 7.11 Å². The van der Waals surface area contributed by atoms with Gasteiger partial charge in [-0.05, 0) is 17.7 Å². The SMILES string of the molecule is COc1ccc([C@@H]2CC(c3c(O)n(C)c(=O)[nH]c3=O)=NN2)cc1. The second-order valence-electron chi connectivity index (χ2n) is 5.23. The minimum Gasteiger partial charge on any atom is -0.497 e. The molecule has 0 fully saturated rings. The van der Waals surface area contributed by atoms with Crippen LogP contribution >= 0.6 is 0 Å². The molecular weight excluding hydrogens is 300 g/mol. The first kappa shape index (κ1) is 14.9. The lowest BCUT2D eigenvalue weighted by Gasteiger charge is -2.11. The maximum Gasteiger partial charge on any atom is 0.330 e. The van der Waals surface area contributed by atoms with E-state index in [2.05, 4.69) is 15.5 Å². The number of hydrogen-bond donors (Lipinski definition) is 3. The maximum absolute atomic E-state index is 12.0. The molecule has 0 bridgehead atoms. The normalized spacial score (nSPS) is 16.8. The standard InChI is InChI=1S/C15H16N4O4/c1-19-14(21)12(13(20)16-15(19)22)11-7-10(17-18-11)8-3-5-9(23-2)6-4-8/h3-6,10,17,21H,7H2,1-2H3,(H,16,20,22)/t10-/m0/s1. The largest absolute Gasteiger partial charge is 0.497 e. The predicted molar refractivity (Wildman–Crippen MR) is 84.0 cm³/mol. The Morgan fingerprint density at radius 1 is 1.30 bits per heavy atom. The van der Waals surface area contributed by atoms with Gasteiger partial charge in [0.25, 0.3) is 5.56 Å². The van der Waals surface area contributed by atoms with Crippen LogP contribution in [0, 0.1) is 0 Å². The van der Waals surface area contributed by atoms with Gasteiger partial charge >= 0.3 is 5.69 Å². The molecule has 0 aliphatic carbocycles. The third-order valence-electron chi connectivity index (χ3n) is 3.85. The van der Waals surface area contributed by atoms with Gasteiger partial charge in [0.1, 0.15) is 11.3 Å². The minimum absolute atomic E-state index is 0.00983. The Labute approximate surface area is 131 Å². The molecule has 0 unspecified atom stereocenters. The van der Waals surface area contributed by atoms with Crippen LogP contribution in [0.25, 0.3) is 0 Å². The number of nitrogens with zero attached hydrogens (tertiary/aromatic N) is 2. The van der Waals surface area contributed by atoms with Gasteiger partial charge in [-0.15, -0.1) is 0 Å². The summed E-state index contributed by atoms with van der Waals surface area (Å²) in [4.78, 5) is 25.6. The second-order valence-corrected chi connectivity index (χ2v) is 5.23. The van der Waals surface area contributed by atoms with E-state index in [1.807, 2.05) is 24.3 Å². The Morgan fingerprint density at radius 3 is 2.65 bits per heavy atom. The fourth-order valence-corrected chi connectivity index (χ4v) is 2.50. The van der Waals surface area contributed by atoms with Gasteiger partial charge in [0.05, 0.1) is 18.9 Å². The molecule has 0 saturated carbocycles. The number of hydrogen-bond acceptors (Lipinski definition) is 6. The van der Waals surface area contributed by atoms with E-state index in [9.17, 15) is 14.7 Å². The monoisotopic (exact) mass is 316 g/mol. The molecule has 1 aliphatic rings. The average Bonchev–Trinajstić information content (AvgIpc) is 3.02. The number of nitrogens with one attached hydrogen (secondary N) is 2. The lowest BCUT2D eigenvalue weighted by molar-refractivity contribution is 0.414. The summed E-state index contributed by atoms with van der Waals surface area (Å²) in [5, 5.41) is 14.2. The highest BCUT2D eigenvalue weighted by atomic mass is 16.5. The smallest absolute Gasteiger partial charge is 0.330 e. The summed E-state index contributed by atoms with van der Waals surface area (Å²) in [6.07, 6.45) is 0.418. The van der Waals surface area contributed by atoms with E-state index < -0.39 is 17.1 Å². The van der Waals surface area contributed by atoms with Crippen molar-refractivity contribution in [2.75, 3.05) is 7.11 Å². The third-order valence-corrected chi connectivity index (χ3v) is 3.85. The first-order valence-electron chi connectivity index (χ1n) is 7.00. The molecule has 2 aromatic rings. The number of aromatic nitrogens is 2. The number of methoxy groups -OCH3 is 1. The lowest BCUT2D eigenvalue weighted by atomic mass is 10.00. The van der Waals surface area contributed by atoms with Crippen molar-refractivity contribution in [3.05, 3.63) is 56.2 Å². The van der Waals surface area contributed by atoms with Crippen LogP contribution in [0.5, 0.6) is 11.6 Å². The number of aromatic amines is 1. The van der Waals surface area contributed by atoms with Gasteiger partial charge in [-0.1, -0.05) is 12.1 Å². The molecule has 2 heterocycles.